The fourth-order valence-corrected chi connectivity index (χ4v) is 3.81. The van der Waals surface area contributed by atoms with E-state index in [1.807, 2.05) is 23.1 Å². The van der Waals surface area contributed by atoms with Gasteiger partial charge in [-0.25, -0.2) is 4.79 Å². The highest BCUT2D eigenvalue weighted by Crippen LogP contribution is 2.50. The van der Waals surface area contributed by atoms with Crippen LogP contribution in [0.25, 0.3) is 11.0 Å². The number of para-hydroxylation sites is 1. The molecular formula is C19H21NO3. The first-order valence-corrected chi connectivity index (χ1v) is 8.35. The molecule has 1 aromatic heterocycles. The van der Waals surface area contributed by atoms with Crippen molar-refractivity contribution in [2.45, 2.75) is 32.6 Å². The largest absolute Gasteiger partial charge is 0.423 e. The number of rotatable bonds is 3. The summed E-state index contributed by atoms with van der Waals surface area (Å²) < 4.78 is 5.32. The number of nitrogens with zero attached hydrogens (tertiary/aromatic N) is 1. The summed E-state index contributed by atoms with van der Waals surface area (Å²) in [5, 5.41) is 0.860. The molecule has 1 saturated carbocycles. The van der Waals surface area contributed by atoms with Crippen LogP contribution in [0.5, 0.6) is 0 Å². The Morgan fingerprint density at radius 1 is 1.35 bits per heavy atom. The van der Waals surface area contributed by atoms with Crippen molar-refractivity contribution in [1.82, 2.24) is 4.90 Å². The summed E-state index contributed by atoms with van der Waals surface area (Å²) >= 11 is 0. The van der Waals surface area contributed by atoms with Crippen molar-refractivity contribution in [3.63, 3.8) is 0 Å². The summed E-state index contributed by atoms with van der Waals surface area (Å²) in [7, 11) is 0. The number of likely N-dealkylation sites (tertiary alicyclic amines) is 1. The van der Waals surface area contributed by atoms with Gasteiger partial charge in [-0.2, -0.15) is 0 Å². The Kier molecular flexibility index (Phi) is 3.29. The molecule has 4 rings (SSSR count). The molecule has 1 unspecified atom stereocenters. The van der Waals surface area contributed by atoms with Gasteiger partial charge in [0.2, 0.25) is 5.91 Å². The molecule has 23 heavy (non-hydrogen) atoms. The molecule has 1 saturated heterocycles. The van der Waals surface area contributed by atoms with Crippen LogP contribution < -0.4 is 5.63 Å². The molecule has 2 heterocycles. The molecule has 1 atom stereocenters. The Hall–Kier alpha value is -2.10. The topological polar surface area (TPSA) is 50.5 Å². The SMILES string of the molecule is CC1(C2CC2)CCN(C(=O)Cc2cc3ccccc3oc2=O)C1. The van der Waals surface area contributed by atoms with Crippen LogP contribution in [0.3, 0.4) is 0 Å². The smallest absolute Gasteiger partial charge is 0.339 e. The molecule has 0 radical (unpaired) electrons. The van der Waals surface area contributed by atoms with Gasteiger partial charge in [0.05, 0.1) is 6.42 Å². The molecule has 1 aliphatic carbocycles. The van der Waals surface area contributed by atoms with Gasteiger partial charge in [0, 0.05) is 24.0 Å². The number of fused-ring (bicyclic) bond motifs is 1. The molecular weight excluding hydrogens is 290 g/mol. The van der Waals surface area contributed by atoms with E-state index in [1.54, 1.807) is 12.1 Å². The average Bonchev–Trinajstić information content (AvgIpc) is 3.32. The highest BCUT2D eigenvalue weighted by Gasteiger charge is 2.46. The van der Waals surface area contributed by atoms with Gasteiger partial charge in [0.25, 0.3) is 0 Å². The quantitative estimate of drug-likeness (QED) is 0.819. The van der Waals surface area contributed by atoms with Crippen molar-refractivity contribution < 1.29 is 9.21 Å². The Labute approximate surface area is 135 Å². The first-order valence-electron chi connectivity index (χ1n) is 8.35. The van der Waals surface area contributed by atoms with Gasteiger partial charge in [0.15, 0.2) is 0 Å². The Morgan fingerprint density at radius 3 is 2.91 bits per heavy atom. The van der Waals surface area contributed by atoms with Crippen LogP contribution in [0.15, 0.2) is 39.5 Å². The maximum absolute atomic E-state index is 12.6. The number of carbonyl (C=O) groups is 1. The zero-order chi connectivity index (χ0) is 16.0. The summed E-state index contributed by atoms with van der Waals surface area (Å²) in [5.74, 6) is 0.822. The minimum Gasteiger partial charge on any atom is -0.423 e. The zero-order valence-corrected chi connectivity index (χ0v) is 13.4. The van der Waals surface area contributed by atoms with Crippen molar-refractivity contribution in [1.29, 1.82) is 0 Å². The summed E-state index contributed by atoms with van der Waals surface area (Å²) in [6, 6.07) is 9.18. The van der Waals surface area contributed by atoms with Crippen LogP contribution in [0.1, 0.15) is 31.7 Å². The summed E-state index contributed by atoms with van der Waals surface area (Å²) in [6.07, 6.45) is 3.81. The molecule has 0 spiro atoms. The van der Waals surface area contributed by atoms with Crippen molar-refractivity contribution >= 4 is 16.9 Å². The monoisotopic (exact) mass is 311 g/mol. The van der Waals surface area contributed by atoms with E-state index in [9.17, 15) is 9.59 Å². The predicted molar refractivity (Wildman–Crippen MR) is 88.2 cm³/mol. The van der Waals surface area contributed by atoms with Gasteiger partial charge in [-0.15, -0.1) is 0 Å². The highest BCUT2D eigenvalue weighted by atomic mass is 16.4. The summed E-state index contributed by atoms with van der Waals surface area (Å²) in [5.41, 5.74) is 0.898. The maximum atomic E-state index is 12.6. The second-order valence-electron chi connectivity index (χ2n) is 7.27. The number of benzene rings is 1. The lowest BCUT2D eigenvalue weighted by Gasteiger charge is -2.24. The third-order valence-electron chi connectivity index (χ3n) is 5.48. The third kappa shape index (κ3) is 2.67. The van der Waals surface area contributed by atoms with Gasteiger partial charge < -0.3 is 9.32 Å². The molecule has 120 valence electrons. The lowest BCUT2D eigenvalue weighted by Crippen LogP contribution is -2.33. The first-order chi connectivity index (χ1) is 11.0. The van der Waals surface area contributed by atoms with Crippen molar-refractivity contribution in [2.24, 2.45) is 11.3 Å². The van der Waals surface area contributed by atoms with Crippen molar-refractivity contribution in [3.05, 3.63) is 46.3 Å². The van der Waals surface area contributed by atoms with E-state index in [1.165, 1.54) is 12.8 Å². The standard InChI is InChI=1S/C19H21NO3/c1-19(15-6-7-15)8-9-20(12-19)17(21)11-14-10-13-4-2-3-5-16(13)23-18(14)22/h2-5,10,15H,6-9,11-12H2,1H3. The van der Waals surface area contributed by atoms with E-state index in [0.29, 0.717) is 11.1 Å². The van der Waals surface area contributed by atoms with Crippen molar-refractivity contribution in [2.75, 3.05) is 13.1 Å². The molecule has 0 bridgehead atoms. The van der Waals surface area contributed by atoms with E-state index in [0.717, 1.165) is 30.8 Å². The molecule has 1 amide bonds. The lowest BCUT2D eigenvalue weighted by atomic mass is 9.84. The molecule has 2 fully saturated rings. The molecule has 4 nitrogen and oxygen atoms in total. The normalized spacial score (nSPS) is 24.3. The average molecular weight is 311 g/mol. The van der Waals surface area contributed by atoms with E-state index < -0.39 is 5.63 Å². The second kappa shape index (κ2) is 5.22. The third-order valence-corrected chi connectivity index (χ3v) is 5.48. The lowest BCUT2D eigenvalue weighted by molar-refractivity contribution is -0.129. The van der Waals surface area contributed by atoms with Crippen LogP contribution in [0.2, 0.25) is 0 Å². The first kappa shape index (κ1) is 14.5. The van der Waals surface area contributed by atoms with Crippen molar-refractivity contribution in [3.8, 4) is 0 Å². The molecule has 4 heteroatoms. The Balaban J connectivity index is 1.53. The van der Waals surface area contributed by atoms with Gasteiger partial charge in [-0.1, -0.05) is 25.1 Å². The van der Waals surface area contributed by atoms with Gasteiger partial charge in [0.1, 0.15) is 5.58 Å². The van der Waals surface area contributed by atoms with Crippen LogP contribution in [-0.4, -0.2) is 23.9 Å². The summed E-state index contributed by atoms with van der Waals surface area (Å²) in [4.78, 5) is 26.6. The zero-order valence-electron chi connectivity index (χ0n) is 13.4. The Morgan fingerprint density at radius 2 is 2.13 bits per heavy atom. The van der Waals surface area contributed by atoms with Crippen LogP contribution >= 0.6 is 0 Å². The fourth-order valence-electron chi connectivity index (χ4n) is 3.81. The number of amides is 1. The van der Waals surface area contributed by atoms with Gasteiger partial charge in [-0.05, 0) is 42.7 Å². The van der Waals surface area contributed by atoms with Crippen LogP contribution in [0, 0.1) is 11.3 Å². The second-order valence-corrected chi connectivity index (χ2v) is 7.27. The summed E-state index contributed by atoms with van der Waals surface area (Å²) in [6.45, 7) is 3.93. The number of hydrogen-bond donors (Lipinski definition) is 0. The minimum absolute atomic E-state index is 0.0388. The predicted octanol–water partition coefficient (Wildman–Crippen LogP) is 2.98. The van der Waals surface area contributed by atoms with E-state index in [2.05, 4.69) is 6.92 Å². The molecule has 0 N–H and O–H groups in total. The molecule has 1 aliphatic heterocycles. The van der Waals surface area contributed by atoms with Crippen LogP contribution in [-0.2, 0) is 11.2 Å². The highest BCUT2D eigenvalue weighted by molar-refractivity contribution is 5.82. The van der Waals surface area contributed by atoms with Gasteiger partial charge >= 0.3 is 5.63 Å². The molecule has 2 aliphatic rings. The van der Waals surface area contributed by atoms with Gasteiger partial charge in [-0.3, -0.25) is 4.79 Å². The number of carbonyl (C=O) groups excluding carboxylic acids is 1. The fraction of sp³-hybridized carbons (Fsp3) is 0.474. The number of hydrogen-bond acceptors (Lipinski definition) is 3. The van der Waals surface area contributed by atoms with E-state index >= 15 is 0 Å². The Bertz CT molecular complexity index is 821. The van der Waals surface area contributed by atoms with E-state index in [-0.39, 0.29) is 17.7 Å². The molecule has 2 aromatic rings. The van der Waals surface area contributed by atoms with E-state index in [4.69, 9.17) is 4.42 Å². The molecule has 1 aromatic carbocycles. The minimum atomic E-state index is -0.402. The van der Waals surface area contributed by atoms with Crippen LogP contribution in [0.4, 0.5) is 0 Å². The maximum Gasteiger partial charge on any atom is 0.339 e.